The van der Waals surface area contributed by atoms with Crippen LogP contribution in [0.15, 0.2) is 22.7 Å². The van der Waals surface area contributed by atoms with Crippen LogP contribution in [0.25, 0.3) is 22.3 Å². The van der Waals surface area contributed by atoms with Crippen LogP contribution in [0.5, 0.6) is 0 Å². The fourth-order valence-corrected chi connectivity index (χ4v) is 4.59. The minimum atomic E-state index is -1.06. The Kier molecular flexibility index (Phi) is 6.13. The molecule has 0 amide bonds. The highest BCUT2D eigenvalue weighted by atomic mass is 35.5. The van der Waals surface area contributed by atoms with E-state index in [4.69, 9.17) is 16.0 Å². The van der Waals surface area contributed by atoms with Crippen molar-refractivity contribution in [1.82, 2.24) is 15.0 Å². The van der Waals surface area contributed by atoms with Gasteiger partial charge in [-0.3, -0.25) is 4.98 Å². The summed E-state index contributed by atoms with van der Waals surface area (Å²) in [6.45, 7) is 2.59. The summed E-state index contributed by atoms with van der Waals surface area (Å²) in [5.74, 6) is 1.46. The Bertz CT molecular complexity index is 1150. The number of aliphatic hydroxyl groups excluding tert-OH is 3. The van der Waals surface area contributed by atoms with Gasteiger partial charge in [0.2, 0.25) is 5.95 Å². The summed E-state index contributed by atoms with van der Waals surface area (Å²) in [4.78, 5) is 13.5. The van der Waals surface area contributed by atoms with Crippen LogP contribution in [0.3, 0.4) is 0 Å². The number of aliphatic hydroxyl groups is 3. The standard InChI is InChI=1S/C23H28ClN5O4/c1-2-14-5-12-7-16(33-17(12)9-25-14)18-21(24)28-23(26-8-11-3-4-11)29-22(18)27-15-6-13(10-30)19(31)20(15)32/h5,7,9,11,13,15,19-20,30-32H,2-4,6,8,10H2,1H3,(H2,26,27,28,29). The van der Waals surface area contributed by atoms with Gasteiger partial charge in [-0.2, -0.15) is 4.98 Å². The molecular formula is C23H28ClN5O4. The van der Waals surface area contributed by atoms with Crippen molar-refractivity contribution >= 4 is 34.3 Å². The number of hydrogen-bond acceptors (Lipinski definition) is 9. The molecule has 5 rings (SSSR count). The van der Waals surface area contributed by atoms with Crippen molar-refractivity contribution < 1.29 is 19.7 Å². The molecule has 0 aromatic carbocycles. The van der Waals surface area contributed by atoms with E-state index in [2.05, 4.69) is 25.6 Å². The lowest BCUT2D eigenvalue weighted by Crippen LogP contribution is -2.35. The summed E-state index contributed by atoms with van der Waals surface area (Å²) in [6.07, 6.45) is 3.17. The number of rotatable bonds is 8. The molecule has 0 spiro atoms. The van der Waals surface area contributed by atoms with Crippen LogP contribution in [-0.2, 0) is 6.42 Å². The van der Waals surface area contributed by atoms with E-state index in [-0.39, 0.29) is 11.8 Å². The van der Waals surface area contributed by atoms with E-state index in [0.717, 1.165) is 24.0 Å². The lowest BCUT2D eigenvalue weighted by Gasteiger charge is -2.21. The molecule has 5 N–H and O–H groups in total. The predicted molar refractivity (Wildman–Crippen MR) is 125 cm³/mol. The molecule has 0 bridgehead atoms. The van der Waals surface area contributed by atoms with Crippen LogP contribution in [0.4, 0.5) is 11.8 Å². The molecule has 176 valence electrons. The third-order valence-electron chi connectivity index (χ3n) is 6.54. The smallest absolute Gasteiger partial charge is 0.226 e. The maximum atomic E-state index is 10.5. The molecule has 0 aliphatic heterocycles. The van der Waals surface area contributed by atoms with Crippen LogP contribution in [0, 0.1) is 11.8 Å². The van der Waals surface area contributed by atoms with Crippen LogP contribution in [0.1, 0.15) is 31.9 Å². The number of nitrogens with one attached hydrogen (secondary N) is 2. The van der Waals surface area contributed by atoms with Gasteiger partial charge >= 0.3 is 0 Å². The van der Waals surface area contributed by atoms with Gasteiger partial charge in [0, 0.05) is 30.1 Å². The van der Waals surface area contributed by atoms with E-state index < -0.39 is 24.2 Å². The molecule has 4 unspecified atom stereocenters. The molecule has 4 atom stereocenters. The molecule has 2 saturated carbocycles. The summed E-state index contributed by atoms with van der Waals surface area (Å²) in [7, 11) is 0. The van der Waals surface area contributed by atoms with Crippen molar-refractivity contribution in [3.05, 3.63) is 29.2 Å². The molecular weight excluding hydrogens is 446 g/mol. The Morgan fingerprint density at radius 3 is 2.70 bits per heavy atom. The van der Waals surface area contributed by atoms with E-state index in [0.29, 0.717) is 41.0 Å². The van der Waals surface area contributed by atoms with Gasteiger partial charge in [-0.15, -0.1) is 0 Å². The molecule has 2 aliphatic carbocycles. The van der Waals surface area contributed by atoms with Gasteiger partial charge in [-0.05, 0) is 43.7 Å². The maximum Gasteiger partial charge on any atom is 0.226 e. The zero-order valence-corrected chi connectivity index (χ0v) is 19.1. The van der Waals surface area contributed by atoms with E-state index in [1.165, 1.54) is 12.8 Å². The summed E-state index contributed by atoms with van der Waals surface area (Å²) in [5.41, 5.74) is 2.04. The topological polar surface area (TPSA) is 137 Å². The van der Waals surface area contributed by atoms with Gasteiger partial charge in [0.25, 0.3) is 0 Å². The average Bonchev–Trinajstić information content (AvgIpc) is 3.49. The van der Waals surface area contributed by atoms with Gasteiger partial charge in [0.05, 0.1) is 23.9 Å². The van der Waals surface area contributed by atoms with Crippen molar-refractivity contribution in [1.29, 1.82) is 0 Å². The molecule has 0 radical (unpaired) electrons. The number of halogens is 1. The number of anilines is 2. The molecule has 9 nitrogen and oxygen atoms in total. The van der Waals surface area contributed by atoms with Crippen molar-refractivity contribution in [2.45, 2.75) is 50.9 Å². The Hall–Kier alpha value is -2.46. The summed E-state index contributed by atoms with van der Waals surface area (Å²) >= 11 is 6.63. The Labute approximate surface area is 196 Å². The van der Waals surface area contributed by atoms with Crippen LogP contribution < -0.4 is 10.6 Å². The van der Waals surface area contributed by atoms with E-state index in [1.807, 2.05) is 19.1 Å². The second kappa shape index (κ2) is 9.06. The van der Waals surface area contributed by atoms with Gasteiger partial charge in [-0.25, -0.2) is 4.98 Å². The lowest BCUT2D eigenvalue weighted by atomic mass is 10.1. The van der Waals surface area contributed by atoms with Crippen LogP contribution in [0.2, 0.25) is 5.15 Å². The van der Waals surface area contributed by atoms with Crippen molar-refractivity contribution in [2.24, 2.45) is 11.8 Å². The first kappa shape index (κ1) is 22.3. The average molecular weight is 474 g/mol. The summed E-state index contributed by atoms with van der Waals surface area (Å²) in [6, 6.07) is 3.33. The van der Waals surface area contributed by atoms with E-state index in [9.17, 15) is 15.3 Å². The van der Waals surface area contributed by atoms with Crippen LogP contribution in [-0.4, -0.2) is 61.7 Å². The van der Waals surface area contributed by atoms with Gasteiger partial charge < -0.3 is 30.4 Å². The Balaban J connectivity index is 1.53. The number of aromatic nitrogens is 3. The Morgan fingerprint density at radius 2 is 2.00 bits per heavy atom. The monoisotopic (exact) mass is 473 g/mol. The quantitative estimate of drug-likeness (QED) is 0.313. The van der Waals surface area contributed by atoms with Gasteiger partial charge in [0.15, 0.2) is 5.58 Å². The fourth-order valence-electron chi connectivity index (χ4n) is 4.32. The van der Waals surface area contributed by atoms with Gasteiger partial charge in [-0.1, -0.05) is 18.5 Å². The molecule has 3 aromatic rings. The second-order valence-corrected chi connectivity index (χ2v) is 9.33. The molecule has 2 aliphatic rings. The van der Waals surface area contributed by atoms with Crippen molar-refractivity contribution in [3.63, 3.8) is 0 Å². The first-order chi connectivity index (χ1) is 16.0. The minimum absolute atomic E-state index is 0.209. The number of furan rings is 1. The molecule has 33 heavy (non-hydrogen) atoms. The summed E-state index contributed by atoms with van der Waals surface area (Å²) < 4.78 is 6.04. The number of fused-ring (bicyclic) bond motifs is 1. The lowest BCUT2D eigenvalue weighted by molar-refractivity contribution is 0.00446. The zero-order chi connectivity index (χ0) is 23.1. The number of nitrogens with zero attached hydrogens (tertiary/aromatic N) is 3. The number of hydrogen-bond donors (Lipinski definition) is 5. The molecule has 10 heteroatoms. The first-order valence-corrected chi connectivity index (χ1v) is 11.8. The Morgan fingerprint density at radius 1 is 1.18 bits per heavy atom. The minimum Gasteiger partial charge on any atom is -0.454 e. The predicted octanol–water partition coefficient (Wildman–Crippen LogP) is 2.84. The highest BCUT2D eigenvalue weighted by Gasteiger charge is 2.41. The van der Waals surface area contributed by atoms with Crippen molar-refractivity contribution in [2.75, 3.05) is 23.8 Å². The third kappa shape index (κ3) is 4.50. The first-order valence-electron chi connectivity index (χ1n) is 11.4. The highest BCUT2D eigenvalue weighted by molar-refractivity contribution is 6.32. The zero-order valence-electron chi connectivity index (χ0n) is 18.3. The molecule has 0 saturated heterocycles. The SMILES string of the molecule is CCc1cc2cc(-c3c(Cl)nc(NCC4CC4)nc3NC3CC(CO)C(O)C3O)oc2cn1. The molecule has 3 aromatic heterocycles. The molecule has 2 fully saturated rings. The van der Waals surface area contributed by atoms with E-state index >= 15 is 0 Å². The summed E-state index contributed by atoms with van der Waals surface area (Å²) in [5, 5.41) is 37.9. The highest BCUT2D eigenvalue weighted by Crippen LogP contribution is 2.39. The fraction of sp³-hybridized carbons (Fsp3) is 0.522. The third-order valence-corrected chi connectivity index (χ3v) is 6.81. The van der Waals surface area contributed by atoms with E-state index in [1.54, 1.807) is 6.20 Å². The molecule has 3 heterocycles. The largest absolute Gasteiger partial charge is 0.454 e. The maximum absolute atomic E-state index is 10.5. The van der Waals surface area contributed by atoms with Crippen LogP contribution >= 0.6 is 11.6 Å². The normalized spacial score (nSPS) is 25.0. The van der Waals surface area contributed by atoms with Gasteiger partial charge in [0.1, 0.15) is 22.8 Å². The number of aryl methyl sites for hydroxylation is 1. The second-order valence-electron chi connectivity index (χ2n) is 8.97. The van der Waals surface area contributed by atoms with Crippen molar-refractivity contribution in [3.8, 4) is 11.3 Å². The number of pyridine rings is 1.